The monoisotopic (exact) mass is 224 g/mol. The van der Waals surface area contributed by atoms with Gasteiger partial charge in [0.15, 0.2) is 0 Å². The number of ether oxygens (including phenoxy) is 1. The van der Waals surface area contributed by atoms with Crippen molar-refractivity contribution in [2.45, 2.75) is 6.42 Å². The predicted molar refractivity (Wildman–Crippen MR) is 55.4 cm³/mol. The number of carbonyl (C=O) groups excluding carboxylic acids is 1. The number of carbonyl (C=O) groups is 2. The van der Waals surface area contributed by atoms with Gasteiger partial charge in [-0.2, -0.15) is 0 Å². The molecule has 0 bridgehead atoms. The zero-order chi connectivity index (χ0) is 12.0. The van der Waals surface area contributed by atoms with Crippen molar-refractivity contribution < 1.29 is 19.4 Å². The highest BCUT2D eigenvalue weighted by atomic mass is 16.5. The Balaban J connectivity index is 2.62. The number of amides is 1. The number of pyridine rings is 1. The maximum absolute atomic E-state index is 11.6. The minimum Gasteiger partial charge on any atom is -0.481 e. The lowest BCUT2D eigenvalue weighted by Crippen LogP contribution is -2.26. The van der Waals surface area contributed by atoms with Crippen LogP contribution in [0.1, 0.15) is 16.8 Å². The number of hydrogen-bond donors (Lipinski definition) is 2. The van der Waals surface area contributed by atoms with E-state index in [2.05, 4.69) is 10.3 Å². The Morgan fingerprint density at radius 2 is 2.31 bits per heavy atom. The van der Waals surface area contributed by atoms with E-state index >= 15 is 0 Å². The summed E-state index contributed by atoms with van der Waals surface area (Å²) in [7, 11) is 1.41. The predicted octanol–water partition coefficient (Wildman–Crippen LogP) is 0.295. The Bertz CT molecular complexity index is 392. The lowest BCUT2D eigenvalue weighted by Gasteiger charge is -2.06. The number of methoxy groups -OCH3 is 1. The molecular formula is C10H12N2O4. The van der Waals surface area contributed by atoms with E-state index in [0.717, 1.165) is 0 Å². The highest BCUT2D eigenvalue weighted by Crippen LogP contribution is 2.12. The Kier molecular flexibility index (Phi) is 4.26. The second-order valence-corrected chi connectivity index (χ2v) is 2.96. The molecular weight excluding hydrogens is 212 g/mol. The van der Waals surface area contributed by atoms with Crippen LogP contribution in [0.3, 0.4) is 0 Å². The molecule has 16 heavy (non-hydrogen) atoms. The molecule has 1 aromatic rings. The fourth-order valence-corrected chi connectivity index (χ4v) is 1.10. The van der Waals surface area contributed by atoms with Gasteiger partial charge < -0.3 is 15.2 Å². The van der Waals surface area contributed by atoms with E-state index < -0.39 is 11.9 Å². The minimum atomic E-state index is -0.960. The quantitative estimate of drug-likeness (QED) is 0.750. The molecule has 0 unspecified atom stereocenters. The van der Waals surface area contributed by atoms with Crippen molar-refractivity contribution in [3.05, 3.63) is 23.9 Å². The van der Waals surface area contributed by atoms with Crippen LogP contribution < -0.4 is 10.1 Å². The van der Waals surface area contributed by atoms with Crippen molar-refractivity contribution in [3.63, 3.8) is 0 Å². The molecule has 0 aliphatic rings. The van der Waals surface area contributed by atoms with Gasteiger partial charge in [-0.05, 0) is 12.1 Å². The number of nitrogens with zero attached hydrogens (tertiary/aromatic N) is 1. The summed E-state index contributed by atoms with van der Waals surface area (Å²) in [5, 5.41) is 10.9. The Morgan fingerprint density at radius 3 is 2.94 bits per heavy atom. The second kappa shape index (κ2) is 5.69. The third-order valence-electron chi connectivity index (χ3n) is 1.83. The number of carboxylic acids is 1. The van der Waals surface area contributed by atoms with Gasteiger partial charge >= 0.3 is 5.97 Å². The summed E-state index contributed by atoms with van der Waals surface area (Å²) in [6, 6.07) is 3.16. The average Bonchev–Trinajstić information content (AvgIpc) is 2.28. The molecule has 0 saturated heterocycles. The van der Waals surface area contributed by atoms with Crippen LogP contribution in [0.5, 0.6) is 5.88 Å². The van der Waals surface area contributed by atoms with E-state index in [1.807, 2.05) is 0 Å². The van der Waals surface area contributed by atoms with Gasteiger partial charge in [0, 0.05) is 12.7 Å². The van der Waals surface area contributed by atoms with E-state index in [-0.39, 0.29) is 24.4 Å². The summed E-state index contributed by atoms with van der Waals surface area (Å²) in [4.78, 5) is 25.7. The fourth-order valence-electron chi connectivity index (χ4n) is 1.10. The summed E-state index contributed by atoms with van der Waals surface area (Å²) in [6.07, 6.45) is 1.39. The zero-order valence-corrected chi connectivity index (χ0v) is 8.77. The first-order valence-corrected chi connectivity index (χ1v) is 4.64. The van der Waals surface area contributed by atoms with E-state index in [0.29, 0.717) is 0 Å². The molecule has 0 radical (unpaired) electrons. The third-order valence-corrected chi connectivity index (χ3v) is 1.83. The summed E-state index contributed by atoms with van der Waals surface area (Å²) in [5.74, 6) is -1.14. The van der Waals surface area contributed by atoms with Gasteiger partial charge in [-0.15, -0.1) is 0 Å². The number of nitrogens with one attached hydrogen (secondary N) is 1. The molecule has 86 valence electrons. The van der Waals surface area contributed by atoms with E-state index in [9.17, 15) is 9.59 Å². The maximum atomic E-state index is 11.6. The van der Waals surface area contributed by atoms with Crippen molar-refractivity contribution >= 4 is 11.9 Å². The fraction of sp³-hybridized carbons (Fsp3) is 0.300. The molecule has 0 aromatic carbocycles. The lowest BCUT2D eigenvalue weighted by molar-refractivity contribution is -0.136. The van der Waals surface area contributed by atoms with Gasteiger partial charge in [0.05, 0.1) is 13.5 Å². The molecule has 0 aliphatic carbocycles. The van der Waals surface area contributed by atoms with Crippen LogP contribution >= 0.6 is 0 Å². The standard InChI is InChI=1S/C10H12N2O4/c1-16-10-7(3-2-5-12-10)9(15)11-6-4-8(13)14/h2-3,5H,4,6H2,1H3,(H,11,15)(H,13,14). The molecule has 0 aliphatic heterocycles. The first-order chi connectivity index (χ1) is 7.65. The highest BCUT2D eigenvalue weighted by molar-refractivity contribution is 5.96. The van der Waals surface area contributed by atoms with Gasteiger partial charge in [0.2, 0.25) is 5.88 Å². The Hall–Kier alpha value is -2.11. The number of carboxylic acid groups (broad SMARTS) is 1. The van der Waals surface area contributed by atoms with E-state index in [4.69, 9.17) is 9.84 Å². The van der Waals surface area contributed by atoms with Crippen LogP contribution in [0, 0.1) is 0 Å². The Labute approximate surface area is 92.3 Å². The SMILES string of the molecule is COc1ncccc1C(=O)NCCC(=O)O. The highest BCUT2D eigenvalue weighted by Gasteiger charge is 2.12. The number of aliphatic carboxylic acids is 1. The van der Waals surface area contributed by atoms with Gasteiger partial charge in [0.25, 0.3) is 5.91 Å². The molecule has 2 N–H and O–H groups in total. The maximum Gasteiger partial charge on any atom is 0.305 e. The number of hydrogen-bond acceptors (Lipinski definition) is 4. The molecule has 1 aromatic heterocycles. The van der Waals surface area contributed by atoms with Gasteiger partial charge in [0.1, 0.15) is 5.56 Å². The van der Waals surface area contributed by atoms with Crippen LogP contribution in [0.2, 0.25) is 0 Å². The smallest absolute Gasteiger partial charge is 0.305 e. The van der Waals surface area contributed by atoms with Crippen LogP contribution in [0.25, 0.3) is 0 Å². The molecule has 1 heterocycles. The molecule has 6 nitrogen and oxygen atoms in total. The van der Waals surface area contributed by atoms with Gasteiger partial charge in [-0.1, -0.05) is 0 Å². The average molecular weight is 224 g/mol. The van der Waals surface area contributed by atoms with Crippen molar-refractivity contribution in [2.75, 3.05) is 13.7 Å². The van der Waals surface area contributed by atoms with Crippen molar-refractivity contribution in [1.82, 2.24) is 10.3 Å². The molecule has 1 rings (SSSR count). The van der Waals surface area contributed by atoms with Gasteiger partial charge in [-0.25, -0.2) is 4.98 Å². The Morgan fingerprint density at radius 1 is 1.56 bits per heavy atom. The third kappa shape index (κ3) is 3.23. The molecule has 6 heteroatoms. The minimum absolute atomic E-state index is 0.0756. The summed E-state index contributed by atoms with van der Waals surface area (Å²) < 4.78 is 4.91. The van der Waals surface area contributed by atoms with Crippen LogP contribution in [-0.2, 0) is 4.79 Å². The summed E-state index contributed by atoms with van der Waals surface area (Å²) in [5.41, 5.74) is 0.287. The molecule has 0 spiro atoms. The molecule has 0 fully saturated rings. The topological polar surface area (TPSA) is 88.5 Å². The molecule has 0 saturated carbocycles. The number of aromatic nitrogens is 1. The van der Waals surface area contributed by atoms with Gasteiger partial charge in [-0.3, -0.25) is 9.59 Å². The summed E-state index contributed by atoms with van der Waals surface area (Å²) in [6.45, 7) is 0.0756. The lowest BCUT2D eigenvalue weighted by atomic mass is 10.2. The number of rotatable bonds is 5. The van der Waals surface area contributed by atoms with Crippen LogP contribution in [0.15, 0.2) is 18.3 Å². The molecule has 1 amide bonds. The second-order valence-electron chi connectivity index (χ2n) is 2.96. The first kappa shape index (κ1) is 12.0. The molecule has 0 atom stereocenters. The van der Waals surface area contributed by atoms with E-state index in [1.54, 1.807) is 12.1 Å². The van der Waals surface area contributed by atoms with E-state index in [1.165, 1.54) is 13.3 Å². The summed E-state index contributed by atoms with van der Waals surface area (Å²) >= 11 is 0. The zero-order valence-electron chi connectivity index (χ0n) is 8.77. The van der Waals surface area contributed by atoms with Crippen LogP contribution in [0.4, 0.5) is 0 Å². The normalized spacial score (nSPS) is 9.56. The van der Waals surface area contributed by atoms with Crippen molar-refractivity contribution in [1.29, 1.82) is 0 Å². The van der Waals surface area contributed by atoms with Crippen molar-refractivity contribution in [2.24, 2.45) is 0 Å². The first-order valence-electron chi connectivity index (χ1n) is 4.64. The largest absolute Gasteiger partial charge is 0.481 e. The van der Waals surface area contributed by atoms with Crippen molar-refractivity contribution in [3.8, 4) is 5.88 Å². The van der Waals surface area contributed by atoms with Crippen LogP contribution in [-0.4, -0.2) is 35.6 Å².